The first-order valence-electron chi connectivity index (χ1n) is 13.9. The highest BCUT2D eigenvalue weighted by Crippen LogP contribution is 2.43. The maximum absolute atomic E-state index is 12.7. The van der Waals surface area contributed by atoms with Gasteiger partial charge in [-0.1, -0.05) is 48.6 Å². The van der Waals surface area contributed by atoms with Crippen molar-refractivity contribution in [3.8, 4) is 16.9 Å². The molecule has 7 heteroatoms. The number of amides is 1. The highest BCUT2D eigenvalue weighted by Gasteiger charge is 2.35. The number of likely N-dealkylation sites (tertiary alicyclic amines) is 1. The molecule has 6 rings (SSSR count). The summed E-state index contributed by atoms with van der Waals surface area (Å²) in [6.45, 7) is 3.56. The van der Waals surface area contributed by atoms with E-state index in [0.29, 0.717) is 23.7 Å². The highest BCUT2D eigenvalue weighted by atomic mass is 16.5. The van der Waals surface area contributed by atoms with E-state index in [1.165, 1.54) is 18.4 Å². The molecular weight excluding hydrogens is 474 g/mol. The van der Waals surface area contributed by atoms with E-state index in [2.05, 4.69) is 69.0 Å². The molecule has 1 saturated carbocycles. The molecule has 2 bridgehead atoms. The summed E-state index contributed by atoms with van der Waals surface area (Å²) in [4.78, 5) is 15.1. The molecule has 2 fully saturated rings. The number of piperidine rings is 1. The van der Waals surface area contributed by atoms with Crippen LogP contribution >= 0.6 is 0 Å². The quantitative estimate of drug-likeness (QED) is 0.426. The molecule has 2 heterocycles. The van der Waals surface area contributed by atoms with Crippen LogP contribution in [0.25, 0.3) is 11.1 Å². The topological polar surface area (TPSA) is 72.3 Å². The summed E-state index contributed by atoms with van der Waals surface area (Å²) in [7, 11) is 2.02. The summed E-state index contributed by atoms with van der Waals surface area (Å²) in [6.07, 6.45) is 11.0. The highest BCUT2D eigenvalue weighted by molar-refractivity contribution is 5.77. The molecule has 0 spiro atoms. The maximum atomic E-state index is 12.7. The molecule has 2 aromatic carbocycles. The van der Waals surface area contributed by atoms with Crippen LogP contribution in [0.5, 0.6) is 5.75 Å². The first-order chi connectivity index (χ1) is 18.6. The standard InChI is InChI=1S/C31H37N5O2/c1-35-21-33-34-31(35)24-11-13-36(14-12-24)19-28-17-26(23-5-3-2-4-6-23)9-10-29(28)38-20-30(37)32-18-27-16-22-7-8-25(27)15-22/h2-10,17,21-22,24-25,27H,11-16,18-20H2,1H3,(H,32,37)/t22-,25+,27-/m1/s1. The molecule has 0 radical (unpaired) electrons. The molecule has 1 N–H and O–H groups in total. The number of nitrogens with zero attached hydrogens (tertiary/aromatic N) is 4. The first kappa shape index (κ1) is 24.9. The fourth-order valence-electron chi connectivity index (χ4n) is 6.47. The predicted octanol–water partition coefficient (Wildman–Crippen LogP) is 4.57. The number of fused-ring (bicyclic) bond motifs is 2. The van der Waals surface area contributed by atoms with Gasteiger partial charge in [0.15, 0.2) is 6.61 Å². The van der Waals surface area contributed by atoms with E-state index in [0.717, 1.165) is 61.7 Å². The van der Waals surface area contributed by atoms with Gasteiger partial charge in [0.25, 0.3) is 5.91 Å². The number of benzene rings is 2. The Morgan fingerprint density at radius 3 is 2.61 bits per heavy atom. The summed E-state index contributed by atoms with van der Waals surface area (Å²) >= 11 is 0. The molecule has 1 amide bonds. The third-order valence-corrected chi connectivity index (χ3v) is 8.60. The van der Waals surface area contributed by atoms with Crippen molar-refractivity contribution in [1.82, 2.24) is 25.0 Å². The van der Waals surface area contributed by atoms with Gasteiger partial charge in [-0.3, -0.25) is 9.69 Å². The van der Waals surface area contributed by atoms with Crippen molar-refractivity contribution in [3.63, 3.8) is 0 Å². The Hall–Kier alpha value is -3.45. The molecule has 0 unspecified atom stereocenters. The molecule has 3 atom stereocenters. The third-order valence-electron chi connectivity index (χ3n) is 8.60. The lowest BCUT2D eigenvalue weighted by molar-refractivity contribution is -0.123. The van der Waals surface area contributed by atoms with Gasteiger partial charge in [-0.15, -0.1) is 10.2 Å². The van der Waals surface area contributed by atoms with E-state index in [9.17, 15) is 4.79 Å². The minimum absolute atomic E-state index is 0.0423. The van der Waals surface area contributed by atoms with E-state index in [1.807, 2.05) is 23.7 Å². The van der Waals surface area contributed by atoms with Crippen LogP contribution < -0.4 is 10.1 Å². The molecule has 7 nitrogen and oxygen atoms in total. The van der Waals surface area contributed by atoms with Crippen molar-refractivity contribution in [2.24, 2.45) is 24.8 Å². The summed E-state index contributed by atoms with van der Waals surface area (Å²) in [5.74, 6) is 4.19. The van der Waals surface area contributed by atoms with Crippen molar-refractivity contribution in [3.05, 3.63) is 78.4 Å². The summed E-state index contributed by atoms with van der Waals surface area (Å²) in [6, 6.07) is 16.8. The Balaban J connectivity index is 1.10. The SMILES string of the molecule is Cn1cnnc1C1CCN(Cc2cc(-c3ccccc3)ccc2OCC(=O)NC[C@H]2C[C@@H]3C=C[C@H]2C3)CC1. The number of allylic oxidation sites excluding steroid dienone is 2. The average molecular weight is 512 g/mol. The van der Waals surface area contributed by atoms with Gasteiger partial charge < -0.3 is 14.6 Å². The van der Waals surface area contributed by atoms with Crippen LogP contribution in [0.2, 0.25) is 0 Å². The van der Waals surface area contributed by atoms with Crippen molar-refractivity contribution >= 4 is 5.91 Å². The summed E-state index contributed by atoms with van der Waals surface area (Å²) in [5.41, 5.74) is 3.46. The van der Waals surface area contributed by atoms with Crippen molar-refractivity contribution in [1.29, 1.82) is 0 Å². The van der Waals surface area contributed by atoms with Gasteiger partial charge in [-0.25, -0.2) is 0 Å². The van der Waals surface area contributed by atoms with Crippen molar-refractivity contribution in [2.45, 2.75) is 38.1 Å². The maximum Gasteiger partial charge on any atom is 0.257 e. The summed E-state index contributed by atoms with van der Waals surface area (Å²) in [5, 5.41) is 11.5. The molecule has 198 valence electrons. The minimum Gasteiger partial charge on any atom is -0.483 e. The fourth-order valence-corrected chi connectivity index (χ4v) is 6.47. The predicted molar refractivity (Wildman–Crippen MR) is 147 cm³/mol. The molecule has 38 heavy (non-hydrogen) atoms. The molecule has 3 aliphatic rings. The van der Waals surface area contributed by atoms with E-state index in [-0.39, 0.29) is 12.5 Å². The molecule has 2 aliphatic carbocycles. The van der Waals surface area contributed by atoms with Gasteiger partial charge in [-0.2, -0.15) is 0 Å². The summed E-state index contributed by atoms with van der Waals surface area (Å²) < 4.78 is 8.17. The number of carbonyl (C=O) groups excluding carboxylic acids is 1. The van der Waals surface area contributed by atoms with Gasteiger partial charge in [0.1, 0.15) is 17.9 Å². The van der Waals surface area contributed by atoms with Crippen molar-refractivity contribution in [2.75, 3.05) is 26.2 Å². The number of carbonyl (C=O) groups is 1. The van der Waals surface area contributed by atoms with E-state index in [4.69, 9.17) is 4.74 Å². The average Bonchev–Trinajstić information content (AvgIpc) is 3.70. The van der Waals surface area contributed by atoms with Crippen LogP contribution in [0.1, 0.15) is 43.0 Å². The Bertz CT molecular complexity index is 1280. The first-order valence-corrected chi connectivity index (χ1v) is 13.9. The Labute approximate surface area is 224 Å². The Morgan fingerprint density at radius 1 is 1.05 bits per heavy atom. The Morgan fingerprint density at radius 2 is 1.89 bits per heavy atom. The normalized spacial score (nSPS) is 23.1. The lowest BCUT2D eigenvalue weighted by Crippen LogP contribution is -2.35. The number of aromatic nitrogens is 3. The number of ether oxygens (including phenoxy) is 1. The van der Waals surface area contributed by atoms with Gasteiger partial charge in [0.05, 0.1) is 0 Å². The lowest BCUT2D eigenvalue weighted by Gasteiger charge is -2.32. The van der Waals surface area contributed by atoms with Crippen LogP contribution in [0.4, 0.5) is 0 Å². The van der Waals surface area contributed by atoms with Crippen LogP contribution in [-0.4, -0.2) is 51.8 Å². The number of rotatable bonds is 9. The minimum atomic E-state index is -0.0423. The number of nitrogens with one attached hydrogen (secondary N) is 1. The molecule has 1 saturated heterocycles. The monoisotopic (exact) mass is 511 g/mol. The zero-order valence-corrected chi connectivity index (χ0v) is 22.1. The number of hydrogen-bond acceptors (Lipinski definition) is 5. The second kappa shape index (κ2) is 11.1. The largest absolute Gasteiger partial charge is 0.483 e. The molecule has 3 aromatic rings. The zero-order chi connectivity index (χ0) is 25.9. The molecule has 1 aliphatic heterocycles. The molecule has 1 aromatic heterocycles. The van der Waals surface area contributed by atoms with E-state index >= 15 is 0 Å². The van der Waals surface area contributed by atoms with Crippen molar-refractivity contribution < 1.29 is 9.53 Å². The van der Waals surface area contributed by atoms with Gasteiger partial charge in [-0.05, 0) is 79.8 Å². The third kappa shape index (κ3) is 5.53. The lowest BCUT2D eigenvalue weighted by atomic mass is 9.94. The van der Waals surface area contributed by atoms with Gasteiger partial charge in [0.2, 0.25) is 0 Å². The number of aryl methyl sites for hydroxylation is 1. The zero-order valence-electron chi connectivity index (χ0n) is 22.1. The van der Waals surface area contributed by atoms with Gasteiger partial charge in [0, 0.05) is 31.6 Å². The van der Waals surface area contributed by atoms with E-state index < -0.39 is 0 Å². The van der Waals surface area contributed by atoms with E-state index in [1.54, 1.807) is 6.33 Å². The second-order valence-electron chi connectivity index (χ2n) is 11.2. The van der Waals surface area contributed by atoms with Crippen LogP contribution in [0.15, 0.2) is 67.0 Å². The fraction of sp³-hybridized carbons (Fsp3) is 0.452. The van der Waals surface area contributed by atoms with Crippen LogP contribution in [0.3, 0.4) is 0 Å². The van der Waals surface area contributed by atoms with Gasteiger partial charge >= 0.3 is 0 Å². The van der Waals surface area contributed by atoms with Crippen LogP contribution in [0, 0.1) is 17.8 Å². The molecular formula is C31H37N5O2. The van der Waals surface area contributed by atoms with Crippen LogP contribution in [-0.2, 0) is 18.4 Å². The number of hydrogen-bond donors (Lipinski definition) is 1. The Kier molecular flexibility index (Phi) is 7.27. The smallest absolute Gasteiger partial charge is 0.257 e. The second-order valence-corrected chi connectivity index (χ2v) is 11.2.